The Kier molecular flexibility index (Phi) is 5.84. The van der Waals surface area contributed by atoms with Gasteiger partial charge in [-0.1, -0.05) is 30.3 Å². The van der Waals surface area contributed by atoms with Gasteiger partial charge in [-0.3, -0.25) is 0 Å². The second kappa shape index (κ2) is 7.85. The normalized spacial score (nSPS) is 11.1. The van der Waals surface area contributed by atoms with Gasteiger partial charge in [0.1, 0.15) is 9.78 Å². The van der Waals surface area contributed by atoms with E-state index >= 15 is 0 Å². The molecule has 0 radical (unpaired) electrons. The second-order valence-electron chi connectivity index (χ2n) is 4.37. The molecule has 0 aliphatic heterocycles. The Morgan fingerprint density at radius 2 is 2.00 bits per heavy atom. The predicted molar refractivity (Wildman–Crippen MR) is 94.0 cm³/mol. The lowest BCUT2D eigenvalue weighted by Crippen LogP contribution is -2.05. The number of hydrogen-bond acceptors (Lipinski definition) is 6. The Labute approximate surface area is 142 Å². The molecule has 7 heteroatoms. The first-order valence-electron chi connectivity index (χ1n) is 6.57. The highest BCUT2D eigenvalue weighted by Gasteiger charge is 2.18. The van der Waals surface area contributed by atoms with Crippen LogP contribution < -0.4 is 5.32 Å². The number of carboxylic acid groups (broad SMARTS) is 1. The smallest absolute Gasteiger partial charge is 0.348 e. The fourth-order valence-electron chi connectivity index (χ4n) is 1.93. The van der Waals surface area contributed by atoms with Gasteiger partial charge in [0.15, 0.2) is 0 Å². The lowest BCUT2D eigenvalue weighted by atomic mass is 10.1. The zero-order chi connectivity index (χ0) is 16.8. The molecule has 5 nitrogen and oxygen atoms in total. The van der Waals surface area contributed by atoms with Crippen molar-refractivity contribution >= 4 is 40.7 Å². The topological polar surface area (TPSA) is 75.6 Å². The second-order valence-corrected chi connectivity index (χ2v) is 6.10. The molecule has 0 saturated heterocycles. The third kappa shape index (κ3) is 3.94. The van der Waals surface area contributed by atoms with Gasteiger partial charge in [-0.05, 0) is 11.8 Å². The summed E-state index contributed by atoms with van der Waals surface area (Å²) in [5.74, 6) is -1.49. The van der Waals surface area contributed by atoms with Crippen LogP contribution in [-0.2, 0) is 9.53 Å². The molecule has 0 amide bonds. The first kappa shape index (κ1) is 17.1. The van der Waals surface area contributed by atoms with Crippen LogP contribution in [0.2, 0.25) is 0 Å². The summed E-state index contributed by atoms with van der Waals surface area (Å²) in [6.07, 6.45) is 3.21. The van der Waals surface area contributed by atoms with E-state index in [1.165, 1.54) is 25.1 Å². The molecule has 2 aromatic rings. The van der Waals surface area contributed by atoms with Gasteiger partial charge in [0.05, 0.1) is 12.8 Å². The van der Waals surface area contributed by atoms with Crippen molar-refractivity contribution in [2.75, 3.05) is 18.7 Å². The van der Waals surface area contributed by atoms with Gasteiger partial charge in [0.25, 0.3) is 0 Å². The molecule has 0 atom stereocenters. The van der Waals surface area contributed by atoms with Crippen molar-refractivity contribution in [1.82, 2.24) is 0 Å². The minimum atomic E-state index is -1.02. The van der Waals surface area contributed by atoms with Crippen molar-refractivity contribution in [2.24, 2.45) is 0 Å². The molecule has 1 aromatic heterocycles. The number of rotatable bonds is 6. The van der Waals surface area contributed by atoms with Crippen LogP contribution in [0.25, 0.3) is 11.1 Å². The molecule has 2 rings (SSSR count). The third-order valence-corrected chi connectivity index (χ3v) is 4.72. The predicted octanol–water partition coefficient (Wildman–Crippen LogP) is 3.90. The van der Waals surface area contributed by atoms with Gasteiger partial charge in [-0.25, -0.2) is 9.59 Å². The average molecular weight is 349 g/mol. The first-order chi connectivity index (χ1) is 11.1. The Morgan fingerprint density at radius 3 is 2.57 bits per heavy atom. The fraction of sp³-hybridized carbons (Fsp3) is 0.125. The minimum absolute atomic E-state index is 0.186. The van der Waals surface area contributed by atoms with E-state index < -0.39 is 11.9 Å². The summed E-state index contributed by atoms with van der Waals surface area (Å²) in [5.41, 5.74) is 2.13. The standard InChI is InChI=1S/C16H15NO4S2/c1-21-16(20)12(22-2)8-17-13-11(9-23-14(13)15(18)19)10-6-4-3-5-7-10/h3-9,17H,1-2H3,(H,18,19)/b12-8-. The first-order valence-corrected chi connectivity index (χ1v) is 8.68. The SMILES string of the molecule is COC(=O)/C(=C/Nc1c(-c2ccccc2)csc1C(=O)O)SC. The van der Waals surface area contributed by atoms with Crippen LogP contribution in [0.15, 0.2) is 46.8 Å². The van der Waals surface area contributed by atoms with E-state index in [2.05, 4.69) is 10.1 Å². The Bertz CT molecular complexity index is 738. The minimum Gasteiger partial charge on any atom is -0.477 e. The van der Waals surface area contributed by atoms with Gasteiger partial charge in [0.2, 0.25) is 0 Å². The number of anilines is 1. The molecule has 0 aliphatic carbocycles. The number of aromatic carboxylic acids is 1. The molecule has 0 spiro atoms. The quantitative estimate of drug-likeness (QED) is 0.608. The lowest BCUT2D eigenvalue weighted by Gasteiger charge is -2.08. The molecular weight excluding hydrogens is 334 g/mol. The number of thioether (sulfide) groups is 1. The number of carbonyl (C=O) groups is 2. The van der Waals surface area contributed by atoms with Crippen molar-refractivity contribution in [3.05, 3.63) is 51.7 Å². The number of carboxylic acids is 1. The number of carbonyl (C=O) groups excluding carboxylic acids is 1. The molecular formula is C16H15NO4S2. The number of benzene rings is 1. The Morgan fingerprint density at radius 1 is 1.30 bits per heavy atom. The summed E-state index contributed by atoms with van der Waals surface area (Å²) in [4.78, 5) is 23.6. The molecule has 0 unspecified atom stereocenters. The summed E-state index contributed by atoms with van der Waals surface area (Å²) in [6, 6.07) is 9.46. The average Bonchev–Trinajstić information content (AvgIpc) is 3.00. The molecule has 0 aliphatic rings. The molecule has 120 valence electrons. The van der Waals surface area contributed by atoms with Crippen LogP contribution in [0.5, 0.6) is 0 Å². The molecule has 2 N–H and O–H groups in total. The third-order valence-electron chi connectivity index (χ3n) is 3.02. The van der Waals surface area contributed by atoms with E-state index in [4.69, 9.17) is 0 Å². The van der Waals surface area contributed by atoms with Crippen molar-refractivity contribution in [3.63, 3.8) is 0 Å². The summed E-state index contributed by atoms with van der Waals surface area (Å²) in [6.45, 7) is 0. The number of esters is 1. The molecule has 0 bridgehead atoms. The maximum atomic E-state index is 11.6. The summed E-state index contributed by atoms with van der Waals surface area (Å²) in [7, 11) is 1.30. The number of ether oxygens (including phenoxy) is 1. The highest BCUT2D eigenvalue weighted by Crippen LogP contribution is 2.36. The van der Waals surface area contributed by atoms with Crippen LogP contribution in [0.4, 0.5) is 5.69 Å². The van der Waals surface area contributed by atoms with E-state index in [-0.39, 0.29) is 4.88 Å². The summed E-state index contributed by atoms with van der Waals surface area (Å²) in [5, 5.41) is 14.1. The van der Waals surface area contributed by atoms with Crippen LogP contribution in [0.1, 0.15) is 9.67 Å². The lowest BCUT2D eigenvalue weighted by molar-refractivity contribution is -0.135. The van der Waals surface area contributed by atoms with Crippen LogP contribution in [-0.4, -0.2) is 30.4 Å². The fourth-order valence-corrected chi connectivity index (χ4v) is 3.23. The van der Waals surface area contributed by atoms with E-state index in [9.17, 15) is 14.7 Å². The van der Waals surface area contributed by atoms with Gasteiger partial charge < -0.3 is 15.2 Å². The van der Waals surface area contributed by atoms with Crippen molar-refractivity contribution < 1.29 is 19.4 Å². The highest BCUT2D eigenvalue weighted by molar-refractivity contribution is 8.03. The van der Waals surface area contributed by atoms with Gasteiger partial charge >= 0.3 is 11.9 Å². The Hall–Kier alpha value is -2.25. The maximum Gasteiger partial charge on any atom is 0.348 e. The van der Waals surface area contributed by atoms with Crippen LogP contribution >= 0.6 is 23.1 Å². The molecule has 23 heavy (non-hydrogen) atoms. The summed E-state index contributed by atoms with van der Waals surface area (Å²) < 4.78 is 4.68. The van der Waals surface area contributed by atoms with Crippen molar-refractivity contribution in [2.45, 2.75) is 0 Å². The summed E-state index contributed by atoms with van der Waals surface area (Å²) >= 11 is 2.36. The Balaban J connectivity index is 2.43. The molecule has 0 fully saturated rings. The number of nitrogens with one attached hydrogen (secondary N) is 1. The van der Waals surface area contributed by atoms with E-state index in [1.54, 1.807) is 11.6 Å². The molecule has 0 saturated carbocycles. The number of methoxy groups -OCH3 is 1. The van der Waals surface area contributed by atoms with Gasteiger partial charge in [-0.2, -0.15) is 0 Å². The zero-order valence-corrected chi connectivity index (χ0v) is 14.2. The molecule has 1 heterocycles. The van der Waals surface area contributed by atoms with Crippen molar-refractivity contribution in [3.8, 4) is 11.1 Å². The highest BCUT2D eigenvalue weighted by atomic mass is 32.2. The zero-order valence-electron chi connectivity index (χ0n) is 12.5. The molecule has 1 aromatic carbocycles. The maximum absolute atomic E-state index is 11.6. The van der Waals surface area contributed by atoms with Gasteiger partial charge in [0, 0.05) is 17.1 Å². The van der Waals surface area contributed by atoms with Crippen LogP contribution in [0.3, 0.4) is 0 Å². The van der Waals surface area contributed by atoms with Crippen LogP contribution in [0, 0.1) is 0 Å². The van der Waals surface area contributed by atoms with Crippen molar-refractivity contribution in [1.29, 1.82) is 0 Å². The van der Waals surface area contributed by atoms with Gasteiger partial charge in [-0.15, -0.1) is 23.1 Å². The van der Waals surface area contributed by atoms with E-state index in [1.807, 2.05) is 30.3 Å². The largest absolute Gasteiger partial charge is 0.477 e. The van der Waals surface area contributed by atoms with E-state index in [0.717, 1.165) is 22.5 Å². The monoisotopic (exact) mass is 349 g/mol. The van der Waals surface area contributed by atoms with E-state index in [0.29, 0.717) is 10.6 Å². The number of hydrogen-bond donors (Lipinski definition) is 2. The number of thiophene rings is 1.